The Morgan fingerprint density at radius 3 is 1.88 bits per heavy atom. The van der Waals surface area contributed by atoms with E-state index in [0.29, 0.717) is 6.42 Å². The number of hydrogen-bond acceptors (Lipinski definition) is 2. The first-order valence-electron chi connectivity index (χ1n) is 5.53. The molecule has 0 heterocycles. The largest absolute Gasteiger partial charge is 0.508 e. The number of phenolic OH excluding ortho intramolecular Hbond substituents is 1. The minimum atomic E-state index is 0.169. The van der Waals surface area contributed by atoms with Crippen molar-refractivity contribution in [2.45, 2.75) is 13.3 Å². The average Bonchev–Trinajstić information content (AvgIpc) is 2.30. The minimum Gasteiger partial charge on any atom is -0.508 e. The third-order valence-corrected chi connectivity index (χ3v) is 2.61. The van der Waals surface area contributed by atoms with E-state index in [1.807, 2.05) is 36.4 Å². The molecule has 0 spiro atoms. The zero-order chi connectivity index (χ0) is 12.3. The molecule has 1 N–H and O–H groups in total. The molecule has 2 aromatic rings. The zero-order valence-corrected chi connectivity index (χ0v) is 9.68. The Morgan fingerprint density at radius 2 is 1.41 bits per heavy atom. The summed E-state index contributed by atoms with van der Waals surface area (Å²) in [7, 11) is 0. The van der Waals surface area contributed by atoms with Gasteiger partial charge in [0.05, 0.1) is 0 Å². The molecule has 0 aliphatic heterocycles. The number of phenols is 1. The molecule has 2 nitrogen and oxygen atoms in total. The van der Waals surface area contributed by atoms with Crippen LogP contribution in [-0.2, 0) is 11.2 Å². The smallest absolute Gasteiger partial charge is 0.134 e. The summed E-state index contributed by atoms with van der Waals surface area (Å²) in [5.74, 6) is 0.435. The molecule has 0 aliphatic carbocycles. The summed E-state index contributed by atoms with van der Waals surface area (Å²) in [6.45, 7) is 1.59. The van der Waals surface area contributed by atoms with Crippen LogP contribution in [0.5, 0.6) is 5.75 Å². The molecule has 2 aromatic carbocycles. The summed E-state index contributed by atoms with van der Waals surface area (Å²) in [6, 6.07) is 15.0. The van der Waals surface area contributed by atoms with E-state index in [1.165, 1.54) is 0 Å². The fourth-order valence-corrected chi connectivity index (χ4v) is 1.76. The van der Waals surface area contributed by atoms with Crippen molar-refractivity contribution in [3.63, 3.8) is 0 Å². The van der Waals surface area contributed by atoms with Crippen molar-refractivity contribution in [3.05, 3.63) is 54.1 Å². The van der Waals surface area contributed by atoms with Crippen molar-refractivity contribution in [2.75, 3.05) is 0 Å². The van der Waals surface area contributed by atoms with Crippen LogP contribution in [0, 0.1) is 0 Å². The standard InChI is InChI=1S/C15H14O2/c1-11(16)10-12-2-4-13(5-3-12)14-6-8-15(17)9-7-14/h2-9,17H,10H2,1H3. The molecule has 2 rings (SSSR count). The normalized spacial score (nSPS) is 10.2. The van der Waals surface area contributed by atoms with E-state index in [2.05, 4.69) is 0 Å². The lowest BCUT2D eigenvalue weighted by Crippen LogP contribution is -1.95. The van der Waals surface area contributed by atoms with Gasteiger partial charge in [-0.15, -0.1) is 0 Å². The number of rotatable bonds is 3. The molecule has 0 atom stereocenters. The van der Waals surface area contributed by atoms with Crippen LogP contribution in [0.2, 0.25) is 0 Å². The number of carbonyl (C=O) groups excluding carboxylic acids is 1. The fourth-order valence-electron chi connectivity index (χ4n) is 1.76. The van der Waals surface area contributed by atoms with Crippen molar-refractivity contribution in [1.29, 1.82) is 0 Å². The first kappa shape index (κ1) is 11.4. The first-order valence-corrected chi connectivity index (χ1v) is 5.53. The second-order valence-corrected chi connectivity index (χ2v) is 4.12. The molecule has 0 amide bonds. The molecule has 0 saturated carbocycles. The zero-order valence-electron chi connectivity index (χ0n) is 9.68. The van der Waals surface area contributed by atoms with Crippen molar-refractivity contribution in [1.82, 2.24) is 0 Å². The summed E-state index contributed by atoms with van der Waals surface area (Å²) in [5, 5.41) is 9.21. The predicted molar refractivity (Wildman–Crippen MR) is 67.9 cm³/mol. The van der Waals surface area contributed by atoms with E-state index in [1.54, 1.807) is 19.1 Å². The molecule has 2 heteroatoms. The van der Waals surface area contributed by atoms with Crippen LogP contribution >= 0.6 is 0 Å². The van der Waals surface area contributed by atoms with Gasteiger partial charge in [-0.25, -0.2) is 0 Å². The Morgan fingerprint density at radius 1 is 0.941 bits per heavy atom. The van der Waals surface area contributed by atoms with Gasteiger partial charge in [-0.05, 0) is 35.7 Å². The molecule has 0 bridgehead atoms. The number of carbonyl (C=O) groups is 1. The van der Waals surface area contributed by atoms with Crippen LogP contribution in [0.15, 0.2) is 48.5 Å². The fraction of sp³-hybridized carbons (Fsp3) is 0.133. The van der Waals surface area contributed by atoms with Gasteiger partial charge in [0.25, 0.3) is 0 Å². The van der Waals surface area contributed by atoms with Crippen LogP contribution in [-0.4, -0.2) is 10.9 Å². The van der Waals surface area contributed by atoms with Crippen molar-refractivity contribution in [3.8, 4) is 16.9 Å². The molecule has 0 unspecified atom stereocenters. The van der Waals surface area contributed by atoms with Crippen LogP contribution in [0.1, 0.15) is 12.5 Å². The van der Waals surface area contributed by atoms with E-state index in [9.17, 15) is 9.90 Å². The SMILES string of the molecule is CC(=O)Cc1ccc(-c2ccc(O)cc2)cc1. The van der Waals surface area contributed by atoms with Gasteiger partial charge < -0.3 is 5.11 Å². The summed E-state index contributed by atoms with van der Waals surface area (Å²) in [4.78, 5) is 11.0. The predicted octanol–water partition coefficient (Wildman–Crippen LogP) is 3.19. The van der Waals surface area contributed by atoms with Gasteiger partial charge in [-0.3, -0.25) is 4.79 Å². The number of hydrogen-bond donors (Lipinski definition) is 1. The van der Waals surface area contributed by atoms with Crippen molar-refractivity contribution in [2.24, 2.45) is 0 Å². The second kappa shape index (κ2) is 4.83. The molecule has 0 radical (unpaired) electrons. The quantitative estimate of drug-likeness (QED) is 0.872. The highest BCUT2D eigenvalue weighted by Crippen LogP contribution is 2.22. The molecule has 0 saturated heterocycles. The van der Waals surface area contributed by atoms with Gasteiger partial charge in [-0.2, -0.15) is 0 Å². The maximum atomic E-state index is 11.0. The lowest BCUT2D eigenvalue weighted by atomic mass is 10.0. The topological polar surface area (TPSA) is 37.3 Å². The molecule has 0 aromatic heterocycles. The highest BCUT2D eigenvalue weighted by atomic mass is 16.3. The van der Waals surface area contributed by atoms with Gasteiger partial charge in [0, 0.05) is 6.42 Å². The Hall–Kier alpha value is -2.09. The highest BCUT2D eigenvalue weighted by Gasteiger charge is 2.00. The lowest BCUT2D eigenvalue weighted by molar-refractivity contribution is -0.116. The van der Waals surface area contributed by atoms with E-state index >= 15 is 0 Å². The number of Topliss-reactive ketones (excluding diaryl/α,β-unsaturated/α-hetero) is 1. The van der Waals surface area contributed by atoms with Gasteiger partial charge in [0.2, 0.25) is 0 Å². The third-order valence-electron chi connectivity index (χ3n) is 2.61. The van der Waals surface area contributed by atoms with Crippen molar-refractivity contribution >= 4 is 5.78 Å². The number of aromatic hydroxyl groups is 1. The lowest BCUT2D eigenvalue weighted by Gasteiger charge is -2.03. The van der Waals surface area contributed by atoms with E-state index < -0.39 is 0 Å². The molecule has 0 fully saturated rings. The van der Waals surface area contributed by atoms with E-state index in [-0.39, 0.29) is 11.5 Å². The average molecular weight is 226 g/mol. The Labute approximate surface area is 101 Å². The summed E-state index contributed by atoms with van der Waals surface area (Å²) in [5.41, 5.74) is 3.16. The summed E-state index contributed by atoms with van der Waals surface area (Å²) >= 11 is 0. The second-order valence-electron chi connectivity index (χ2n) is 4.12. The van der Waals surface area contributed by atoms with Crippen molar-refractivity contribution < 1.29 is 9.90 Å². The van der Waals surface area contributed by atoms with Crippen LogP contribution in [0.4, 0.5) is 0 Å². The number of ketones is 1. The molecular weight excluding hydrogens is 212 g/mol. The maximum absolute atomic E-state index is 11.0. The number of benzene rings is 2. The van der Waals surface area contributed by atoms with Gasteiger partial charge in [-0.1, -0.05) is 36.4 Å². The Bertz CT molecular complexity index is 510. The van der Waals surface area contributed by atoms with Gasteiger partial charge in [0.1, 0.15) is 11.5 Å². The Kier molecular flexibility index (Phi) is 3.24. The van der Waals surface area contributed by atoms with Crippen LogP contribution in [0.25, 0.3) is 11.1 Å². The molecular formula is C15H14O2. The minimum absolute atomic E-state index is 0.169. The third kappa shape index (κ3) is 2.94. The van der Waals surface area contributed by atoms with Crippen LogP contribution in [0.3, 0.4) is 0 Å². The maximum Gasteiger partial charge on any atom is 0.134 e. The van der Waals surface area contributed by atoms with E-state index in [4.69, 9.17) is 0 Å². The summed E-state index contributed by atoms with van der Waals surface area (Å²) in [6.07, 6.45) is 0.482. The van der Waals surface area contributed by atoms with Gasteiger partial charge in [0.15, 0.2) is 0 Å². The first-order chi connectivity index (χ1) is 8.15. The molecule has 0 aliphatic rings. The monoisotopic (exact) mass is 226 g/mol. The summed E-state index contributed by atoms with van der Waals surface area (Å²) < 4.78 is 0. The van der Waals surface area contributed by atoms with Crippen LogP contribution < -0.4 is 0 Å². The Balaban J connectivity index is 2.23. The molecule has 86 valence electrons. The molecule has 17 heavy (non-hydrogen) atoms. The van der Waals surface area contributed by atoms with E-state index in [0.717, 1.165) is 16.7 Å². The van der Waals surface area contributed by atoms with Gasteiger partial charge >= 0.3 is 0 Å². The highest BCUT2D eigenvalue weighted by molar-refractivity contribution is 5.78.